The summed E-state index contributed by atoms with van der Waals surface area (Å²) in [4.78, 5) is 7.84. The molecule has 0 radical (unpaired) electrons. The van der Waals surface area contributed by atoms with Crippen LogP contribution in [0.15, 0.2) is 49.1 Å². The van der Waals surface area contributed by atoms with Crippen LogP contribution in [0.25, 0.3) is 12.1 Å². The minimum absolute atomic E-state index is 0.476. The van der Waals surface area contributed by atoms with E-state index >= 15 is 0 Å². The summed E-state index contributed by atoms with van der Waals surface area (Å²) >= 11 is 0. The maximum absolute atomic E-state index is 7.86. The highest BCUT2D eigenvalue weighted by atomic mass is 14.6. The molecule has 0 fully saturated rings. The van der Waals surface area contributed by atoms with Crippen LogP contribution in [0.1, 0.15) is 12.5 Å². The van der Waals surface area contributed by atoms with Crippen molar-refractivity contribution < 1.29 is 1.37 Å². The summed E-state index contributed by atoms with van der Waals surface area (Å²) in [5.41, 5.74) is 1.84. The smallest absolute Gasteiger partial charge is 0.0629 e. The summed E-state index contributed by atoms with van der Waals surface area (Å²) in [6.07, 6.45) is 8.60. The van der Waals surface area contributed by atoms with Crippen LogP contribution in [0.2, 0.25) is 0 Å². The third-order valence-electron chi connectivity index (χ3n) is 1.79. The number of hydrogen-bond acceptors (Lipinski definition) is 2. The third-order valence-corrected chi connectivity index (χ3v) is 1.79. The molecule has 2 aromatic heterocycles. The van der Waals surface area contributed by atoms with Gasteiger partial charge in [-0.25, -0.2) is 0 Å². The van der Waals surface area contributed by atoms with Crippen molar-refractivity contribution in [2.24, 2.45) is 0 Å². The lowest BCUT2D eigenvalue weighted by atomic mass is 10.2. The van der Waals surface area contributed by atoms with Gasteiger partial charge in [0, 0.05) is 24.8 Å². The summed E-state index contributed by atoms with van der Waals surface area (Å²) in [7, 11) is 0. The second kappa shape index (κ2) is 4.33. The summed E-state index contributed by atoms with van der Waals surface area (Å²) in [6, 6.07) is 7.86. The summed E-state index contributed by atoms with van der Waals surface area (Å²) in [5, 5.41) is 0. The molecule has 0 spiro atoms. The van der Waals surface area contributed by atoms with E-state index in [9.17, 15) is 0 Å². The van der Waals surface area contributed by atoms with Crippen molar-refractivity contribution in [2.45, 2.75) is 0 Å². The second-order valence-electron chi connectivity index (χ2n) is 2.81. The first kappa shape index (κ1) is 7.44. The van der Waals surface area contributed by atoms with E-state index in [1.165, 1.54) is 0 Å². The fourth-order valence-corrected chi connectivity index (χ4v) is 1.07. The van der Waals surface area contributed by atoms with Crippen LogP contribution in [0.5, 0.6) is 0 Å². The van der Waals surface area contributed by atoms with E-state index in [0.717, 1.165) is 11.1 Å². The SMILES string of the molecule is [2H]C(=Cc1ccncc1)c1ccncc1. The Morgan fingerprint density at radius 2 is 1.36 bits per heavy atom. The van der Waals surface area contributed by atoms with E-state index in [-0.39, 0.29) is 0 Å². The standard InChI is InChI=1S/C12H10N2/c1(11-3-7-13-8-4-11)2-12-5-9-14-10-6-12/h1-10H/i1D. The summed E-state index contributed by atoms with van der Waals surface area (Å²) < 4.78 is 7.86. The van der Waals surface area contributed by atoms with Gasteiger partial charge in [0.2, 0.25) is 0 Å². The molecule has 0 amide bonds. The number of nitrogens with zero attached hydrogens (tertiary/aromatic N) is 2. The van der Waals surface area contributed by atoms with Gasteiger partial charge in [0.1, 0.15) is 0 Å². The first-order valence-corrected chi connectivity index (χ1v) is 4.35. The molecule has 0 saturated heterocycles. The minimum Gasteiger partial charge on any atom is -0.265 e. The minimum atomic E-state index is 0.476. The van der Waals surface area contributed by atoms with Crippen LogP contribution in [0.3, 0.4) is 0 Å². The van der Waals surface area contributed by atoms with E-state index in [1.807, 2.05) is 24.3 Å². The van der Waals surface area contributed by atoms with Gasteiger partial charge in [0.15, 0.2) is 0 Å². The Kier molecular flexibility index (Phi) is 2.30. The zero-order valence-corrected chi connectivity index (χ0v) is 7.59. The molecule has 0 bridgehead atoms. The van der Waals surface area contributed by atoms with Crippen molar-refractivity contribution >= 4 is 12.1 Å². The van der Waals surface area contributed by atoms with Gasteiger partial charge in [-0.3, -0.25) is 9.97 Å². The van der Waals surface area contributed by atoms with E-state index in [0.29, 0.717) is 6.05 Å². The average Bonchev–Trinajstić information content (AvgIpc) is 2.31. The van der Waals surface area contributed by atoms with E-state index < -0.39 is 0 Å². The van der Waals surface area contributed by atoms with E-state index in [4.69, 9.17) is 1.37 Å². The molecule has 68 valence electrons. The lowest BCUT2D eigenvalue weighted by Gasteiger charge is -1.92. The first-order chi connectivity index (χ1) is 7.36. The Morgan fingerprint density at radius 3 is 1.93 bits per heavy atom. The largest absolute Gasteiger partial charge is 0.265 e. The maximum atomic E-state index is 7.86. The van der Waals surface area contributed by atoms with E-state index in [1.54, 1.807) is 30.9 Å². The molecule has 0 aromatic carbocycles. The van der Waals surface area contributed by atoms with Crippen molar-refractivity contribution in [3.8, 4) is 0 Å². The number of pyridine rings is 2. The predicted octanol–water partition coefficient (Wildman–Crippen LogP) is 2.65. The van der Waals surface area contributed by atoms with Crippen molar-refractivity contribution in [1.82, 2.24) is 9.97 Å². The van der Waals surface area contributed by atoms with Crippen LogP contribution in [-0.2, 0) is 0 Å². The van der Waals surface area contributed by atoms with Gasteiger partial charge in [-0.2, -0.15) is 0 Å². The highest BCUT2D eigenvalue weighted by Gasteiger charge is 1.85. The normalized spacial score (nSPS) is 12.3. The molecule has 0 aliphatic heterocycles. The van der Waals surface area contributed by atoms with Crippen LogP contribution >= 0.6 is 0 Å². The topological polar surface area (TPSA) is 25.8 Å². The quantitative estimate of drug-likeness (QED) is 0.715. The van der Waals surface area contributed by atoms with Gasteiger partial charge in [-0.15, -0.1) is 0 Å². The zero-order chi connectivity index (χ0) is 10.5. The Balaban J connectivity index is 2.29. The first-order valence-electron chi connectivity index (χ1n) is 4.85. The third kappa shape index (κ3) is 2.26. The molecule has 0 aliphatic rings. The number of rotatable bonds is 2. The molecule has 2 aromatic rings. The Bertz CT molecular complexity index is 452. The Labute approximate surface area is 84.4 Å². The van der Waals surface area contributed by atoms with Crippen LogP contribution < -0.4 is 0 Å². The highest BCUT2D eigenvalue weighted by molar-refractivity contribution is 5.68. The van der Waals surface area contributed by atoms with Gasteiger partial charge in [-0.1, -0.05) is 12.1 Å². The predicted molar refractivity (Wildman–Crippen MR) is 57.4 cm³/mol. The molecule has 2 heterocycles. The van der Waals surface area contributed by atoms with Gasteiger partial charge < -0.3 is 0 Å². The van der Waals surface area contributed by atoms with Crippen LogP contribution in [-0.4, -0.2) is 9.97 Å². The monoisotopic (exact) mass is 183 g/mol. The van der Waals surface area contributed by atoms with Crippen molar-refractivity contribution in [3.63, 3.8) is 0 Å². The molecule has 2 rings (SSSR count). The Hall–Kier alpha value is -1.96. The fourth-order valence-electron chi connectivity index (χ4n) is 1.07. The molecule has 0 aliphatic carbocycles. The molecule has 0 unspecified atom stereocenters. The number of aromatic nitrogens is 2. The second-order valence-corrected chi connectivity index (χ2v) is 2.81. The average molecular weight is 183 g/mol. The van der Waals surface area contributed by atoms with Gasteiger partial charge in [0.05, 0.1) is 1.37 Å². The summed E-state index contributed by atoms with van der Waals surface area (Å²) in [6.45, 7) is 0. The molecule has 2 heteroatoms. The molecule has 2 nitrogen and oxygen atoms in total. The van der Waals surface area contributed by atoms with E-state index in [2.05, 4.69) is 9.97 Å². The molecular formula is C12H10N2. The van der Waals surface area contributed by atoms with Crippen molar-refractivity contribution in [2.75, 3.05) is 0 Å². The molecule has 14 heavy (non-hydrogen) atoms. The van der Waals surface area contributed by atoms with Crippen molar-refractivity contribution in [1.29, 1.82) is 0 Å². The lowest BCUT2D eigenvalue weighted by molar-refractivity contribution is 1.32. The molecule has 0 saturated carbocycles. The van der Waals surface area contributed by atoms with Gasteiger partial charge >= 0.3 is 0 Å². The molecule has 0 N–H and O–H groups in total. The van der Waals surface area contributed by atoms with Crippen LogP contribution in [0.4, 0.5) is 0 Å². The zero-order valence-electron chi connectivity index (χ0n) is 8.59. The lowest BCUT2D eigenvalue weighted by Crippen LogP contribution is -1.74. The molecular weight excluding hydrogens is 172 g/mol. The number of hydrogen-bond donors (Lipinski definition) is 0. The fraction of sp³-hybridized carbons (Fsp3) is 0. The summed E-state index contributed by atoms with van der Waals surface area (Å²) in [5.74, 6) is 0. The van der Waals surface area contributed by atoms with Crippen LogP contribution in [0, 0.1) is 0 Å². The van der Waals surface area contributed by atoms with Gasteiger partial charge in [0.25, 0.3) is 0 Å². The van der Waals surface area contributed by atoms with Gasteiger partial charge in [-0.05, 0) is 35.4 Å². The Morgan fingerprint density at radius 1 is 0.857 bits per heavy atom. The highest BCUT2D eigenvalue weighted by Crippen LogP contribution is 2.05. The molecule has 0 atom stereocenters. The van der Waals surface area contributed by atoms with Crippen molar-refractivity contribution in [3.05, 3.63) is 60.2 Å². The maximum Gasteiger partial charge on any atom is 0.0629 e.